The van der Waals surface area contributed by atoms with E-state index in [4.69, 9.17) is 0 Å². The molecule has 0 bridgehead atoms. The van der Waals surface area contributed by atoms with E-state index in [0.29, 0.717) is 12.8 Å². The number of benzene rings is 1. The number of aromatic nitrogens is 2. The van der Waals surface area contributed by atoms with E-state index in [1.54, 1.807) is 0 Å². The number of hydrogen-bond donors (Lipinski definition) is 0. The number of nitrogens with zero attached hydrogens (tertiary/aromatic N) is 2. The zero-order chi connectivity index (χ0) is 20.7. The molecular formula is C26H39FN2. The average molecular weight is 399 g/mol. The molecule has 0 aliphatic carbocycles. The predicted molar refractivity (Wildman–Crippen MR) is 122 cm³/mol. The van der Waals surface area contributed by atoms with Crippen LogP contribution in [0.4, 0.5) is 4.39 Å². The van der Waals surface area contributed by atoms with Crippen molar-refractivity contribution in [2.45, 2.75) is 103 Å². The number of rotatable bonds is 15. The van der Waals surface area contributed by atoms with E-state index < -0.39 is 6.17 Å². The van der Waals surface area contributed by atoms with Gasteiger partial charge < -0.3 is 0 Å². The van der Waals surface area contributed by atoms with Gasteiger partial charge in [0.05, 0.1) is 6.17 Å². The normalized spacial score (nSPS) is 12.2. The topological polar surface area (TPSA) is 25.8 Å². The van der Waals surface area contributed by atoms with Crippen molar-refractivity contribution >= 4 is 0 Å². The lowest BCUT2D eigenvalue weighted by Crippen LogP contribution is -1.97. The van der Waals surface area contributed by atoms with Gasteiger partial charge in [-0.15, -0.1) is 0 Å². The highest BCUT2D eigenvalue weighted by atomic mass is 19.1. The predicted octanol–water partition coefficient (Wildman–Crippen LogP) is 7.90. The van der Waals surface area contributed by atoms with Crippen LogP contribution in [-0.4, -0.2) is 16.1 Å². The van der Waals surface area contributed by atoms with Gasteiger partial charge in [0.1, 0.15) is 0 Å². The Kier molecular flexibility index (Phi) is 11.6. The largest absolute Gasteiger partial charge is 0.248 e. The molecule has 1 heterocycles. The van der Waals surface area contributed by atoms with Gasteiger partial charge in [0.2, 0.25) is 0 Å². The Balaban J connectivity index is 1.70. The van der Waals surface area contributed by atoms with Crippen molar-refractivity contribution in [2.75, 3.05) is 0 Å². The molecule has 0 aliphatic heterocycles. The summed E-state index contributed by atoms with van der Waals surface area (Å²) in [5, 5.41) is 0. The molecule has 0 amide bonds. The first kappa shape index (κ1) is 23.5. The van der Waals surface area contributed by atoms with Crippen molar-refractivity contribution in [3.05, 3.63) is 47.8 Å². The van der Waals surface area contributed by atoms with E-state index in [-0.39, 0.29) is 0 Å². The van der Waals surface area contributed by atoms with E-state index in [1.807, 2.05) is 19.3 Å². The average Bonchev–Trinajstić information content (AvgIpc) is 2.76. The summed E-state index contributed by atoms with van der Waals surface area (Å²) in [6, 6.07) is 8.58. The van der Waals surface area contributed by atoms with E-state index in [1.165, 1.54) is 49.7 Å². The molecule has 1 aromatic heterocycles. The van der Waals surface area contributed by atoms with Gasteiger partial charge in [0, 0.05) is 18.0 Å². The molecule has 0 spiro atoms. The van der Waals surface area contributed by atoms with Gasteiger partial charge in [0.15, 0.2) is 5.82 Å². The quantitative estimate of drug-likeness (QED) is 0.285. The van der Waals surface area contributed by atoms with E-state index in [9.17, 15) is 4.39 Å². The fourth-order valence-corrected chi connectivity index (χ4v) is 3.64. The molecule has 2 aromatic rings. The van der Waals surface area contributed by atoms with Crippen LogP contribution in [0.3, 0.4) is 0 Å². The summed E-state index contributed by atoms with van der Waals surface area (Å²) in [4.78, 5) is 9.14. The van der Waals surface area contributed by atoms with Crippen LogP contribution in [0.2, 0.25) is 0 Å². The minimum Gasteiger partial charge on any atom is -0.248 e. The number of aryl methyl sites for hydroxylation is 2. The lowest BCUT2D eigenvalue weighted by Gasteiger charge is -2.06. The van der Waals surface area contributed by atoms with E-state index >= 15 is 0 Å². The van der Waals surface area contributed by atoms with Crippen LogP contribution in [0.25, 0.3) is 11.4 Å². The SMILES string of the molecule is CCCCCCCCc1cnc(-c2ccc(CCCCCC(F)CC)cc2)nc1. The summed E-state index contributed by atoms with van der Waals surface area (Å²) in [5.41, 5.74) is 3.64. The van der Waals surface area contributed by atoms with Crippen molar-refractivity contribution in [1.82, 2.24) is 9.97 Å². The van der Waals surface area contributed by atoms with Gasteiger partial charge in [-0.1, -0.05) is 83.1 Å². The lowest BCUT2D eigenvalue weighted by molar-refractivity contribution is 0.297. The van der Waals surface area contributed by atoms with Gasteiger partial charge in [0.25, 0.3) is 0 Å². The molecule has 2 rings (SSSR count). The number of unbranched alkanes of at least 4 members (excludes halogenated alkanes) is 7. The second kappa shape index (κ2) is 14.3. The molecule has 0 fully saturated rings. The maximum Gasteiger partial charge on any atom is 0.159 e. The third kappa shape index (κ3) is 9.51. The molecule has 0 aliphatic rings. The Bertz CT molecular complexity index is 651. The van der Waals surface area contributed by atoms with Crippen molar-refractivity contribution in [3.8, 4) is 11.4 Å². The Morgan fingerprint density at radius 1 is 0.724 bits per heavy atom. The van der Waals surface area contributed by atoms with Gasteiger partial charge in [-0.05, 0) is 49.7 Å². The van der Waals surface area contributed by atoms with E-state index in [2.05, 4.69) is 41.2 Å². The third-order valence-corrected chi connectivity index (χ3v) is 5.66. The summed E-state index contributed by atoms with van der Waals surface area (Å²) >= 11 is 0. The van der Waals surface area contributed by atoms with E-state index in [0.717, 1.165) is 43.5 Å². The maximum absolute atomic E-state index is 13.2. The standard InChI is InChI=1S/C26H39FN2/c1-3-5-6-7-8-10-14-23-20-28-26(29-21-23)24-18-16-22(17-19-24)13-11-9-12-15-25(27)4-2/h16-21,25H,3-15H2,1-2H3. The first-order valence-corrected chi connectivity index (χ1v) is 11.8. The van der Waals surface area contributed by atoms with Crippen LogP contribution in [0, 0.1) is 0 Å². The molecule has 2 nitrogen and oxygen atoms in total. The monoisotopic (exact) mass is 398 g/mol. The zero-order valence-corrected chi connectivity index (χ0v) is 18.5. The summed E-state index contributed by atoms with van der Waals surface area (Å²) in [6.45, 7) is 4.17. The first-order chi connectivity index (χ1) is 14.2. The molecule has 1 aromatic carbocycles. The van der Waals surface area contributed by atoms with Crippen molar-refractivity contribution < 1.29 is 4.39 Å². The molecule has 0 saturated heterocycles. The molecule has 0 saturated carbocycles. The maximum atomic E-state index is 13.2. The van der Waals surface area contributed by atoms with Crippen molar-refractivity contribution in [3.63, 3.8) is 0 Å². The second-order valence-corrected chi connectivity index (χ2v) is 8.23. The second-order valence-electron chi connectivity index (χ2n) is 8.23. The Morgan fingerprint density at radius 3 is 1.97 bits per heavy atom. The number of hydrogen-bond acceptors (Lipinski definition) is 2. The van der Waals surface area contributed by atoms with Gasteiger partial charge >= 0.3 is 0 Å². The van der Waals surface area contributed by atoms with Crippen molar-refractivity contribution in [1.29, 1.82) is 0 Å². The zero-order valence-electron chi connectivity index (χ0n) is 18.5. The summed E-state index contributed by atoms with van der Waals surface area (Å²) in [6.07, 6.45) is 17.9. The molecule has 0 radical (unpaired) electrons. The smallest absolute Gasteiger partial charge is 0.159 e. The molecule has 29 heavy (non-hydrogen) atoms. The van der Waals surface area contributed by atoms with Crippen LogP contribution in [0.1, 0.15) is 95.6 Å². The molecule has 160 valence electrons. The van der Waals surface area contributed by atoms with Gasteiger partial charge in [-0.2, -0.15) is 0 Å². The molecule has 0 N–H and O–H groups in total. The molecule has 1 atom stereocenters. The molecule has 3 heteroatoms. The van der Waals surface area contributed by atoms with Gasteiger partial charge in [-0.25, -0.2) is 14.4 Å². The fourth-order valence-electron chi connectivity index (χ4n) is 3.64. The molecular weight excluding hydrogens is 359 g/mol. The highest BCUT2D eigenvalue weighted by Crippen LogP contribution is 2.18. The van der Waals surface area contributed by atoms with Gasteiger partial charge in [-0.3, -0.25) is 0 Å². The summed E-state index contributed by atoms with van der Waals surface area (Å²) in [5.74, 6) is 0.803. The van der Waals surface area contributed by atoms with Crippen LogP contribution in [0.15, 0.2) is 36.7 Å². The first-order valence-electron chi connectivity index (χ1n) is 11.8. The Morgan fingerprint density at radius 2 is 1.31 bits per heavy atom. The van der Waals surface area contributed by atoms with Crippen LogP contribution in [0.5, 0.6) is 0 Å². The van der Waals surface area contributed by atoms with Crippen LogP contribution >= 0.6 is 0 Å². The summed E-state index contributed by atoms with van der Waals surface area (Å²) < 4.78 is 13.2. The molecule has 1 unspecified atom stereocenters. The van der Waals surface area contributed by atoms with Crippen LogP contribution < -0.4 is 0 Å². The Hall–Kier alpha value is -1.77. The Labute approximate surface area is 177 Å². The highest BCUT2D eigenvalue weighted by Gasteiger charge is 2.04. The van der Waals surface area contributed by atoms with Crippen molar-refractivity contribution in [2.24, 2.45) is 0 Å². The fraction of sp³-hybridized carbons (Fsp3) is 0.615. The third-order valence-electron chi connectivity index (χ3n) is 5.66. The minimum absolute atomic E-state index is 0.619. The number of alkyl halides is 1. The highest BCUT2D eigenvalue weighted by molar-refractivity contribution is 5.55. The summed E-state index contributed by atoms with van der Waals surface area (Å²) in [7, 11) is 0. The lowest BCUT2D eigenvalue weighted by atomic mass is 10.0. The minimum atomic E-state index is -0.619. The van der Waals surface area contributed by atoms with Crippen LogP contribution in [-0.2, 0) is 12.8 Å². The number of halogens is 1.